The van der Waals surface area contributed by atoms with Gasteiger partial charge in [0.05, 0.1) is 30.9 Å². The van der Waals surface area contributed by atoms with E-state index in [0.717, 1.165) is 5.39 Å². The maximum atomic E-state index is 12.9. The second-order valence-electron chi connectivity index (χ2n) is 6.08. The highest BCUT2D eigenvalue weighted by atomic mass is 16.5. The third-order valence-corrected chi connectivity index (χ3v) is 4.77. The first kappa shape index (κ1) is 15.1. The first-order valence-corrected chi connectivity index (χ1v) is 8.01. The Balaban J connectivity index is 1.59. The number of nitrogens with zero attached hydrogens (tertiary/aromatic N) is 3. The number of rotatable bonds is 2. The van der Waals surface area contributed by atoms with Gasteiger partial charge in [0.25, 0.3) is 5.91 Å². The molecule has 0 spiro atoms. The Morgan fingerprint density at radius 2 is 2.25 bits per heavy atom. The molecule has 8 heteroatoms. The van der Waals surface area contributed by atoms with Gasteiger partial charge in [-0.15, -0.1) is 0 Å². The van der Waals surface area contributed by atoms with E-state index in [1.807, 2.05) is 6.07 Å². The summed E-state index contributed by atoms with van der Waals surface area (Å²) in [4.78, 5) is 35.7. The molecule has 3 N–H and O–H groups in total. The molecule has 2 fully saturated rings. The zero-order valence-electron chi connectivity index (χ0n) is 13.1. The minimum absolute atomic E-state index is 0.0223. The number of ether oxygens (including phenoxy) is 1. The average molecular weight is 329 g/mol. The molecule has 2 amide bonds. The lowest BCUT2D eigenvalue weighted by atomic mass is 10.1. The van der Waals surface area contributed by atoms with Gasteiger partial charge >= 0.3 is 0 Å². The summed E-state index contributed by atoms with van der Waals surface area (Å²) in [7, 11) is 0. The smallest absolute Gasteiger partial charge is 0.254 e. The van der Waals surface area contributed by atoms with Crippen molar-refractivity contribution in [2.75, 3.05) is 32.8 Å². The number of hydrogen-bond acceptors (Lipinski definition) is 5. The van der Waals surface area contributed by atoms with Crippen molar-refractivity contribution < 1.29 is 14.3 Å². The van der Waals surface area contributed by atoms with E-state index in [1.165, 1.54) is 0 Å². The number of amides is 2. The Bertz CT molecular complexity index is 789. The number of nitrogens with one attached hydrogen (secondary N) is 1. The Morgan fingerprint density at radius 1 is 1.38 bits per heavy atom. The van der Waals surface area contributed by atoms with Gasteiger partial charge in [-0.05, 0) is 12.1 Å². The lowest BCUT2D eigenvalue weighted by molar-refractivity contribution is -0.141. The molecular formula is C16H19N5O3. The number of fused-ring (bicyclic) bond motifs is 2. The maximum Gasteiger partial charge on any atom is 0.254 e. The van der Waals surface area contributed by atoms with Gasteiger partial charge in [0.15, 0.2) is 0 Å². The van der Waals surface area contributed by atoms with Crippen molar-refractivity contribution >= 4 is 22.8 Å². The summed E-state index contributed by atoms with van der Waals surface area (Å²) in [6, 6.07) is 3.45. The van der Waals surface area contributed by atoms with Crippen molar-refractivity contribution in [2.45, 2.75) is 12.1 Å². The summed E-state index contributed by atoms with van der Waals surface area (Å²) < 4.78 is 5.77. The molecule has 2 aromatic rings. The summed E-state index contributed by atoms with van der Waals surface area (Å²) >= 11 is 0. The van der Waals surface area contributed by atoms with Gasteiger partial charge in [-0.2, -0.15) is 0 Å². The normalized spacial score (nSPS) is 23.5. The van der Waals surface area contributed by atoms with Crippen molar-refractivity contribution in [3.05, 3.63) is 30.1 Å². The standard InChI is InChI=1S/C16H19N5O3/c17-7-14(22)21-5-6-24-13-9-20(8-12(13)21)16(23)11-2-4-19-15-10(11)1-3-18-15/h1-4,12-13H,5-9,17H2,(H,18,19)/t12-,13+/m0/s1. The van der Waals surface area contributed by atoms with E-state index in [-0.39, 0.29) is 30.5 Å². The highest BCUT2D eigenvalue weighted by Gasteiger charge is 2.43. The fourth-order valence-corrected chi connectivity index (χ4v) is 3.60. The largest absolute Gasteiger partial charge is 0.372 e. The molecule has 8 nitrogen and oxygen atoms in total. The monoisotopic (exact) mass is 329 g/mol. The van der Waals surface area contributed by atoms with Gasteiger partial charge in [0.2, 0.25) is 5.91 Å². The fraction of sp³-hybridized carbons (Fsp3) is 0.438. The second kappa shape index (κ2) is 5.88. The van der Waals surface area contributed by atoms with Crippen molar-refractivity contribution in [3.63, 3.8) is 0 Å². The Morgan fingerprint density at radius 3 is 3.08 bits per heavy atom. The van der Waals surface area contributed by atoms with E-state index in [9.17, 15) is 9.59 Å². The molecule has 2 aromatic heterocycles. The van der Waals surface area contributed by atoms with Gasteiger partial charge in [-0.1, -0.05) is 0 Å². The molecule has 0 aliphatic carbocycles. The fourth-order valence-electron chi connectivity index (χ4n) is 3.60. The number of carbonyl (C=O) groups excluding carboxylic acids is 2. The molecule has 2 saturated heterocycles. The van der Waals surface area contributed by atoms with Crippen LogP contribution < -0.4 is 5.73 Å². The first-order valence-electron chi connectivity index (χ1n) is 8.01. The third-order valence-electron chi connectivity index (χ3n) is 4.77. The van der Waals surface area contributed by atoms with Crippen LogP contribution in [0.2, 0.25) is 0 Å². The highest BCUT2D eigenvalue weighted by molar-refractivity contribution is 6.05. The van der Waals surface area contributed by atoms with E-state index in [4.69, 9.17) is 10.5 Å². The average Bonchev–Trinajstić information content (AvgIpc) is 3.26. The van der Waals surface area contributed by atoms with Crippen molar-refractivity contribution in [1.29, 1.82) is 0 Å². The van der Waals surface area contributed by atoms with Crippen LogP contribution in [0.1, 0.15) is 10.4 Å². The molecule has 4 rings (SSSR count). The number of hydrogen-bond donors (Lipinski definition) is 2. The number of aromatic nitrogens is 2. The van der Waals surface area contributed by atoms with E-state index in [0.29, 0.717) is 37.5 Å². The van der Waals surface area contributed by atoms with Crippen LogP contribution in [-0.4, -0.2) is 76.5 Å². The highest BCUT2D eigenvalue weighted by Crippen LogP contribution is 2.26. The van der Waals surface area contributed by atoms with Crippen LogP contribution in [0.15, 0.2) is 24.5 Å². The van der Waals surface area contributed by atoms with Crippen LogP contribution in [-0.2, 0) is 9.53 Å². The Hall–Kier alpha value is -2.45. The van der Waals surface area contributed by atoms with Crippen LogP contribution in [0.5, 0.6) is 0 Å². The molecule has 0 saturated carbocycles. The number of nitrogens with two attached hydrogens (primary N) is 1. The molecule has 0 radical (unpaired) electrons. The van der Waals surface area contributed by atoms with Crippen molar-refractivity contribution in [1.82, 2.24) is 19.8 Å². The molecule has 0 bridgehead atoms. The minimum atomic E-state index is -0.151. The molecule has 2 atom stereocenters. The predicted octanol–water partition coefficient (Wildman–Crippen LogP) is -0.427. The van der Waals surface area contributed by atoms with Crippen molar-refractivity contribution in [2.24, 2.45) is 5.73 Å². The van der Waals surface area contributed by atoms with Crippen LogP contribution >= 0.6 is 0 Å². The minimum Gasteiger partial charge on any atom is -0.372 e. The van der Waals surface area contributed by atoms with Gasteiger partial charge < -0.3 is 25.3 Å². The Labute approximate surface area is 138 Å². The second-order valence-corrected chi connectivity index (χ2v) is 6.08. The molecular weight excluding hydrogens is 310 g/mol. The summed E-state index contributed by atoms with van der Waals surface area (Å²) in [5.74, 6) is -0.167. The number of likely N-dealkylation sites (tertiary alicyclic amines) is 1. The zero-order valence-corrected chi connectivity index (χ0v) is 13.1. The van der Waals surface area contributed by atoms with E-state index < -0.39 is 0 Å². The van der Waals surface area contributed by atoms with E-state index in [1.54, 1.807) is 28.3 Å². The quantitative estimate of drug-likeness (QED) is 0.778. The van der Waals surface area contributed by atoms with Crippen LogP contribution in [0.3, 0.4) is 0 Å². The van der Waals surface area contributed by atoms with E-state index in [2.05, 4.69) is 9.97 Å². The van der Waals surface area contributed by atoms with Gasteiger partial charge in [0, 0.05) is 37.4 Å². The number of morpholine rings is 1. The number of aromatic amines is 1. The van der Waals surface area contributed by atoms with Crippen LogP contribution in [0, 0.1) is 0 Å². The molecule has 0 aromatic carbocycles. The SMILES string of the molecule is NCC(=O)N1CCO[C@@H]2CN(C(=O)c3ccnc4[nH]ccc34)C[C@@H]21. The molecule has 24 heavy (non-hydrogen) atoms. The lowest BCUT2D eigenvalue weighted by Crippen LogP contribution is -2.54. The summed E-state index contributed by atoms with van der Waals surface area (Å²) in [5.41, 5.74) is 6.80. The van der Waals surface area contributed by atoms with Gasteiger partial charge in [-0.25, -0.2) is 4.98 Å². The summed E-state index contributed by atoms with van der Waals surface area (Å²) in [6.45, 7) is 1.92. The molecule has 2 aliphatic heterocycles. The van der Waals surface area contributed by atoms with E-state index >= 15 is 0 Å². The lowest BCUT2D eigenvalue weighted by Gasteiger charge is -2.36. The van der Waals surface area contributed by atoms with Gasteiger partial charge in [0.1, 0.15) is 5.65 Å². The Kier molecular flexibility index (Phi) is 3.70. The first-order chi connectivity index (χ1) is 11.7. The predicted molar refractivity (Wildman–Crippen MR) is 86.3 cm³/mol. The topological polar surface area (TPSA) is 105 Å². The number of pyridine rings is 1. The summed E-state index contributed by atoms with van der Waals surface area (Å²) in [6.07, 6.45) is 3.24. The zero-order chi connectivity index (χ0) is 16.7. The molecule has 4 heterocycles. The van der Waals surface area contributed by atoms with Gasteiger partial charge in [-0.3, -0.25) is 9.59 Å². The molecule has 2 aliphatic rings. The van der Waals surface area contributed by atoms with Crippen molar-refractivity contribution in [3.8, 4) is 0 Å². The number of carbonyl (C=O) groups is 2. The number of H-pyrrole nitrogens is 1. The third kappa shape index (κ3) is 2.35. The summed E-state index contributed by atoms with van der Waals surface area (Å²) in [5, 5.41) is 0.799. The molecule has 0 unspecified atom stereocenters. The van der Waals surface area contributed by atoms with Crippen LogP contribution in [0.4, 0.5) is 0 Å². The molecule has 126 valence electrons. The van der Waals surface area contributed by atoms with Crippen LogP contribution in [0.25, 0.3) is 11.0 Å². The maximum absolute atomic E-state index is 12.9.